The third-order valence-electron chi connectivity index (χ3n) is 1.19. The predicted molar refractivity (Wildman–Crippen MR) is 95.9 cm³/mol. The van der Waals surface area contributed by atoms with Crippen molar-refractivity contribution in [1.82, 2.24) is 5.32 Å². The van der Waals surface area contributed by atoms with Crippen molar-refractivity contribution in [2.75, 3.05) is 19.8 Å². The molecule has 0 aliphatic heterocycles. The number of ether oxygens (including phenoxy) is 1. The summed E-state index contributed by atoms with van der Waals surface area (Å²) in [5, 5.41) is 2.57. The molecule has 0 spiro atoms. The quantitative estimate of drug-likeness (QED) is 0.224. The zero-order valence-electron chi connectivity index (χ0n) is 15.2. The maximum Gasteiger partial charge on any atom is 2.00 e. The molecule has 1 N–H and O–H groups in total. The van der Waals surface area contributed by atoms with Crippen molar-refractivity contribution < 1.29 is 35.1 Å². The first-order valence-corrected chi connectivity index (χ1v) is 8.25. The van der Waals surface area contributed by atoms with Crippen molar-refractivity contribution in [3.05, 3.63) is 26.5 Å². The standard InChI is InChI=1S/C10H20NO4P.2C3H7.Ni/c1-5-7-13-16-14-8-6-11-9(12)15-10(2,3)4;2*1-3-2;/h5,16H,1,6-8H2,2-4H3,(H,11,12);2*1,3H2,2H3;/q;2*-1;+2. The Morgan fingerprint density at radius 1 is 1.22 bits per heavy atom. The van der Waals surface area contributed by atoms with E-state index in [1.807, 2.05) is 34.6 Å². The average molecular weight is 394 g/mol. The van der Waals surface area contributed by atoms with Crippen LogP contribution in [-0.4, -0.2) is 31.5 Å². The molecule has 0 radical (unpaired) electrons. The Morgan fingerprint density at radius 2 is 1.70 bits per heavy atom. The second-order valence-corrected chi connectivity index (χ2v) is 5.70. The number of rotatable bonds is 7. The molecule has 0 aromatic carbocycles. The van der Waals surface area contributed by atoms with Crippen molar-refractivity contribution in [2.45, 2.75) is 53.1 Å². The average Bonchev–Trinajstić information content (AvgIpc) is 2.37. The van der Waals surface area contributed by atoms with E-state index in [1.54, 1.807) is 6.08 Å². The minimum absolute atomic E-state index is 0. The molecule has 142 valence electrons. The van der Waals surface area contributed by atoms with Gasteiger partial charge in [-0.1, -0.05) is 19.9 Å². The van der Waals surface area contributed by atoms with Crippen LogP contribution in [0.3, 0.4) is 0 Å². The van der Waals surface area contributed by atoms with Crippen LogP contribution in [0.4, 0.5) is 4.79 Å². The van der Waals surface area contributed by atoms with Crippen molar-refractivity contribution >= 4 is 15.1 Å². The fourth-order valence-electron chi connectivity index (χ4n) is 0.695. The molecule has 0 aromatic rings. The van der Waals surface area contributed by atoms with Gasteiger partial charge in [-0.25, -0.2) is 4.79 Å². The van der Waals surface area contributed by atoms with Gasteiger partial charge in [0.05, 0.1) is 13.2 Å². The van der Waals surface area contributed by atoms with Crippen LogP contribution in [0.5, 0.6) is 0 Å². The van der Waals surface area contributed by atoms with Gasteiger partial charge in [0.15, 0.2) is 9.03 Å². The number of alkyl carbamates (subject to hydrolysis) is 1. The molecule has 0 heterocycles. The molecule has 1 unspecified atom stereocenters. The molecule has 7 heteroatoms. The first kappa shape index (κ1) is 30.7. The monoisotopic (exact) mass is 393 g/mol. The summed E-state index contributed by atoms with van der Waals surface area (Å²) < 4.78 is 15.2. The number of carbonyl (C=O) groups excluding carboxylic acids is 1. The Kier molecular flexibility index (Phi) is 32.2. The second-order valence-electron chi connectivity index (χ2n) is 4.96. The molecule has 0 rings (SSSR count). The molecular formula is C16H34NNiO4P. The minimum Gasteiger partial charge on any atom is -0.444 e. The van der Waals surface area contributed by atoms with E-state index in [4.69, 9.17) is 13.8 Å². The van der Waals surface area contributed by atoms with Crippen LogP contribution in [0.1, 0.15) is 47.5 Å². The molecule has 0 aliphatic carbocycles. The van der Waals surface area contributed by atoms with Crippen molar-refractivity contribution in [1.29, 1.82) is 0 Å². The zero-order chi connectivity index (χ0) is 17.9. The fraction of sp³-hybridized carbons (Fsp3) is 0.688. The van der Waals surface area contributed by atoms with E-state index in [-0.39, 0.29) is 25.5 Å². The zero-order valence-corrected chi connectivity index (χ0v) is 17.2. The van der Waals surface area contributed by atoms with E-state index < -0.39 is 11.7 Å². The Balaban J connectivity index is -0.000000223. The Hall–Kier alpha value is -0.146. The minimum atomic E-state index is -0.472. The van der Waals surface area contributed by atoms with Crippen LogP contribution >= 0.6 is 9.03 Å². The summed E-state index contributed by atoms with van der Waals surface area (Å²) in [4.78, 5) is 11.2. The Morgan fingerprint density at radius 3 is 2.09 bits per heavy atom. The molecular weight excluding hydrogens is 360 g/mol. The SMILES string of the molecule is C=CCOPOCCNC(=O)OC(C)(C)C.[CH2-]CC.[CH2-]CC.[Ni+2]. The van der Waals surface area contributed by atoms with Crippen molar-refractivity contribution in [2.24, 2.45) is 0 Å². The van der Waals surface area contributed by atoms with Gasteiger partial charge < -0.3 is 32.9 Å². The molecule has 0 saturated heterocycles. The second kappa shape index (κ2) is 24.1. The van der Waals surface area contributed by atoms with Gasteiger partial charge in [0.25, 0.3) is 0 Å². The molecule has 1 atom stereocenters. The molecule has 0 saturated carbocycles. The summed E-state index contributed by atoms with van der Waals surface area (Å²) in [5.41, 5.74) is -0.472. The summed E-state index contributed by atoms with van der Waals surface area (Å²) in [6.07, 6.45) is 3.21. The van der Waals surface area contributed by atoms with Crippen molar-refractivity contribution in [3.8, 4) is 0 Å². The van der Waals surface area contributed by atoms with Gasteiger partial charge >= 0.3 is 22.6 Å². The normalized spacial score (nSPS) is 9.70. The summed E-state index contributed by atoms with van der Waals surface area (Å²) in [6.45, 7) is 21.2. The maximum atomic E-state index is 11.2. The summed E-state index contributed by atoms with van der Waals surface area (Å²) >= 11 is 0. The fourth-order valence-corrected chi connectivity index (χ4v) is 1.15. The third kappa shape index (κ3) is 44.9. The molecule has 0 aliphatic rings. The molecule has 0 bridgehead atoms. The van der Waals surface area contributed by atoms with Crippen LogP contribution in [0.15, 0.2) is 12.7 Å². The third-order valence-corrected chi connectivity index (χ3v) is 1.80. The van der Waals surface area contributed by atoms with E-state index in [0.717, 1.165) is 12.8 Å². The number of hydrogen-bond acceptors (Lipinski definition) is 4. The van der Waals surface area contributed by atoms with Crippen LogP contribution in [0, 0.1) is 13.8 Å². The van der Waals surface area contributed by atoms with Gasteiger partial charge in [-0.05, 0) is 20.8 Å². The van der Waals surface area contributed by atoms with E-state index in [2.05, 4.69) is 25.7 Å². The number of nitrogens with one attached hydrogen (secondary N) is 1. The van der Waals surface area contributed by atoms with Gasteiger partial charge in [0.1, 0.15) is 5.60 Å². The smallest absolute Gasteiger partial charge is 0.444 e. The molecule has 1 amide bonds. The molecule has 0 fully saturated rings. The van der Waals surface area contributed by atoms with Gasteiger partial charge in [0.2, 0.25) is 0 Å². The first-order valence-electron chi connectivity index (χ1n) is 7.43. The van der Waals surface area contributed by atoms with Gasteiger partial charge in [-0.2, -0.15) is 12.8 Å². The van der Waals surface area contributed by atoms with Crippen LogP contribution in [0.2, 0.25) is 0 Å². The van der Waals surface area contributed by atoms with E-state index in [9.17, 15) is 4.79 Å². The molecule has 5 nitrogen and oxygen atoms in total. The van der Waals surface area contributed by atoms with Crippen LogP contribution in [0.25, 0.3) is 0 Å². The Bertz CT molecular complexity index is 247. The van der Waals surface area contributed by atoms with Gasteiger partial charge in [0, 0.05) is 6.54 Å². The van der Waals surface area contributed by atoms with Crippen molar-refractivity contribution in [3.63, 3.8) is 0 Å². The topological polar surface area (TPSA) is 56.8 Å². The summed E-state index contributed by atoms with van der Waals surface area (Å²) in [6, 6.07) is 0. The summed E-state index contributed by atoms with van der Waals surface area (Å²) in [7, 11) is -0.0312. The number of amides is 1. The van der Waals surface area contributed by atoms with Crippen LogP contribution in [-0.2, 0) is 30.3 Å². The first-order chi connectivity index (χ1) is 10.3. The number of hydrogen-bond donors (Lipinski definition) is 1. The van der Waals surface area contributed by atoms with E-state index in [0.29, 0.717) is 19.8 Å². The maximum absolute atomic E-state index is 11.2. The van der Waals surface area contributed by atoms with Gasteiger partial charge in [-0.15, -0.1) is 6.58 Å². The largest absolute Gasteiger partial charge is 2.00 e. The number of carbonyl (C=O) groups is 1. The van der Waals surface area contributed by atoms with Gasteiger partial charge in [-0.3, -0.25) is 0 Å². The Labute approximate surface area is 155 Å². The predicted octanol–water partition coefficient (Wildman–Crippen LogP) is 4.70. The summed E-state index contributed by atoms with van der Waals surface area (Å²) in [5.74, 6) is 0. The molecule has 23 heavy (non-hydrogen) atoms. The van der Waals surface area contributed by atoms with Crippen LogP contribution < -0.4 is 5.32 Å². The van der Waals surface area contributed by atoms with E-state index >= 15 is 0 Å². The van der Waals surface area contributed by atoms with E-state index in [1.165, 1.54) is 0 Å². The molecule has 0 aromatic heterocycles.